The summed E-state index contributed by atoms with van der Waals surface area (Å²) in [5.74, 6) is -0.503. The van der Waals surface area contributed by atoms with Crippen LogP contribution >= 0.6 is 0 Å². The van der Waals surface area contributed by atoms with E-state index >= 15 is 0 Å². The number of ether oxygens (including phenoxy) is 1. The molecule has 8 nitrogen and oxygen atoms in total. The van der Waals surface area contributed by atoms with Crippen molar-refractivity contribution in [2.45, 2.75) is 51.6 Å². The van der Waals surface area contributed by atoms with Crippen LogP contribution in [0.4, 0.5) is 5.69 Å². The maximum atomic E-state index is 14.0. The lowest BCUT2D eigenvalue weighted by Gasteiger charge is -2.32. The first-order valence-electron chi connectivity index (χ1n) is 12.9. The Kier molecular flexibility index (Phi) is 10.1. The van der Waals surface area contributed by atoms with E-state index in [-0.39, 0.29) is 23.0 Å². The minimum Gasteiger partial charge on any atom is -0.495 e. The Balaban J connectivity index is 2.09. The summed E-state index contributed by atoms with van der Waals surface area (Å²) in [6, 6.07) is 19.9. The van der Waals surface area contributed by atoms with Crippen molar-refractivity contribution in [2.24, 2.45) is 0 Å². The molecule has 1 N–H and O–H groups in total. The number of carbonyl (C=O) groups is 2. The molecule has 0 aromatic heterocycles. The number of hydrogen-bond donors (Lipinski definition) is 1. The van der Waals surface area contributed by atoms with Gasteiger partial charge in [-0.3, -0.25) is 13.9 Å². The third-order valence-electron chi connectivity index (χ3n) is 6.53. The van der Waals surface area contributed by atoms with Crippen molar-refractivity contribution < 1.29 is 22.7 Å². The van der Waals surface area contributed by atoms with Crippen molar-refractivity contribution in [1.29, 1.82) is 0 Å². The highest BCUT2D eigenvalue weighted by atomic mass is 32.2. The molecular formula is C30H37N3O5S. The molecule has 0 radical (unpaired) electrons. The lowest BCUT2D eigenvalue weighted by atomic mass is 10.1. The van der Waals surface area contributed by atoms with Gasteiger partial charge >= 0.3 is 0 Å². The molecule has 1 unspecified atom stereocenters. The van der Waals surface area contributed by atoms with E-state index in [1.54, 1.807) is 37.3 Å². The lowest BCUT2D eigenvalue weighted by molar-refractivity contribution is -0.139. The quantitative estimate of drug-likeness (QED) is 0.359. The number of rotatable bonds is 12. The topological polar surface area (TPSA) is 96.0 Å². The highest BCUT2D eigenvalue weighted by Crippen LogP contribution is 2.33. The fourth-order valence-corrected chi connectivity index (χ4v) is 5.62. The molecule has 0 spiro atoms. The molecule has 3 rings (SSSR count). The van der Waals surface area contributed by atoms with Gasteiger partial charge in [-0.25, -0.2) is 8.42 Å². The van der Waals surface area contributed by atoms with E-state index in [1.165, 1.54) is 24.1 Å². The van der Waals surface area contributed by atoms with Crippen molar-refractivity contribution in [2.75, 3.05) is 24.5 Å². The fraction of sp³-hybridized carbons (Fsp3) is 0.333. The van der Waals surface area contributed by atoms with Crippen LogP contribution in [-0.2, 0) is 26.2 Å². The molecular weight excluding hydrogens is 514 g/mol. The maximum absolute atomic E-state index is 14.0. The van der Waals surface area contributed by atoms with Crippen molar-refractivity contribution in [1.82, 2.24) is 10.2 Å². The maximum Gasteiger partial charge on any atom is 0.264 e. The number of sulfonamides is 1. The van der Waals surface area contributed by atoms with Crippen LogP contribution in [0.15, 0.2) is 77.7 Å². The lowest BCUT2D eigenvalue weighted by Crippen LogP contribution is -2.51. The molecule has 3 aromatic carbocycles. The van der Waals surface area contributed by atoms with E-state index in [9.17, 15) is 18.0 Å². The monoisotopic (exact) mass is 551 g/mol. The molecule has 208 valence electrons. The molecule has 0 fully saturated rings. The van der Waals surface area contributed by atoms with Gasteiger partial charge in [-0.2, -0.15) is 0 Å². The van der Waals surface area contributed by atoms with Gasteiger partial charge in [0.25, 0.3) is 10.0 Å². The summed E-state index contributed by atoms with van der Waals surface area (Å²) in [6.45, 7) is 7.48. The van der Waals surface area contributed by atoms with Gasteiger partial charge in [0, 0.05) is 13.1 Å². The largest absolute Gasteiger partial charge is 0.495 e. The standard InChI is InChI=1S/C30H37N3O5S/c1-6-18-31-30(35)24(4)32(20-25-13-11-10-12-23(25)3)29(34)21-33(27-19-22(2)16-17-28(27)38-5)39(36,37)26-14-8-7-9-15-26/h7-17,19,24H,6,18,20-21H2,1-5H3,(H,31,35). The smallest absolute Gasteiger partial charge is 0.264 e. The van der Waals surface area contributed by atoms with Crippen molar-refractivity contribution >= 4 is 27.5 Å². The van der Waals surface area contributed by atoms with Crippen LogP contribution in [0.2, 0.25) is 0 Å². The van der Waals surface area contributed by atoms with E-state index in [0.717, 1.165) is 27.4 Å². The highest BCUT2D eigenvalue weighted by molar-refractivity contribution is 7.92. The molecule has 3 aromatic rings. The van der Waals surface area contributed by atoms with Gasteiger partial charge in [0.15, 0.2) is 0 Å². The van der Waals surface area contributed by atoms with E-state index < -0.39 is 28.5 Å². The Labute approximate surface area is 231 Å². The fourth-order valence-electron chi connectivity index (χ4n) is 4.18. The van der Waals surface area contributed by atoms with E-state index in [0.29, 0.717) is 12.3 Å². The SMILES string of the molecule is CCCNC(=O)C(C)N(Cc1ccccc1C)C(=O)CN(c1cc(C)ccc1OC)S(=O)(=O)c1ccccc1. The van der Waals surface area contributed by atoms with Crippen LogP contribution in [0.5, 0.6) is 5.75 Å². The summed E-state index contributed by atoms with van der Waals surface area (Å²) in [4.78, 5) is 28.5. The first-order chi connectivity index (χ1) is 18.6. The summed E-state index contributed by atoms with van der Waals surface area (Å²) >= 11 is 0. The number of anilines is 1. The number of nitrogens with zero attached hydrogens (tertiary/aromatic N) is 2. The van der Waals surface area contributed by atoms with Gasteiger partial charge < -0.3 is 15.0 Å². The molecule has 9 heteroatoms. The predicted molar refractivity (Wildman–Crippen MR) is 153 cm³/mol. The number of aryl methyl sites for hydroxylation is 2. The third-order valence-corrected chi connectivity index (χ3v) is 8.31. The molecule has 0 saturated carbocycles. The second-order valence-corrected chi connectivity index (χ2v) is 11.3. The Morgan fingerprint density at radius 3 is 2.28 bits per heavy atom. The molecule has 2 amide bonds. The number of nitrogens with one attached hydrogen (secondary N) is 1. The van der Waals surface area contributed by atoms with Crippen molar-refractivity contribution in [3.63, 3.8) is 0 Å². The minimum absolute atomic E-state index is 0.0422. The summed E-state index contributed by atoms with van der Waals surface area (Å²) in [5.41, 5.74) is 2.88. The first kappa shape index (κ1) is 29.7. The molecule has 39 heavy (non-hydrogen) atoms. The van der Waals surface area contributed by atoms with Gasteiger partial charge in [0.2, 0.25) is 11.8 Å². The molecule has 0 heterocycles. The number of carbonyl (C=O) groups excluding carboxylic acids is 2. The van der Waals surface area contributed by atoms with Crippen LogP contribution < -0.4 is 14.4 Å². The first-order valence-corrected chi connectivity index (χ1v) is 14.4. The van der Waals surface area contributed by atoms with Gasteiger partial charge in [-0.1, -0.05) is 55.5 Å². The Hall–Kier alpha value is -3.85. The van der Waals surface area contributed by atoms with E-state index in [2.05, 4.69) is 5.32 Å². The van der Waals surface area contributed by atoms with Crippen LogP contribution in [0.3, 0.4) is 0 Å². The van der Waals surface area contributed by atoms with E-state index in [4.69, 9.17) is 4.74 Å². The Morgan fingerprint density at radius 2 is 1.64 bits per heavy atom. The van der Waals surface area contributed by atoms with Crippen molar-refractivity contribution in [3.05, 3.63) is 89.5 Å². The molecule has 1 atom stereocenters. The van der Waals surface area contributed by atoms with Gasteiger partial charge in [-0.15, -0.1) is 0 Å². The summed E-state index contributed by atoms with van der Waals surface area (Å²) < 4.78 is 34.5. The molecule has 0 aliphatic heterocycles. The Bertz CT molecular complexity index is 1390. The number of amides is 2. The van der Waals surface area contributed by atoms with Crippen molar-refractivity contribution in [3.8, 4) is 5.75 Å². The zero-order valence-electron chi connectivity index (χ0n) is 23.2. The number of methoxy groups -OCH3 is 1. The normalized spacial score (nSPS) is 11.9. The average molecular weight is 552 g/mol. The molecule has 0 bridgehead atoms. The van der Waals surface area contributed by atoms with Gasteiger partial charge in [0.1, 0.15) is 18.3 Å². The van der Waals surface area contributed by atoms with E-state index in [1.807, 2.05) is 51.1 Å². The van der Waals surface area contributed by atoms with Crippen LogP contribution in [0, 0.1) is 13.8 Å². The van der Waals surface area contributed by atoms with Crippen LogP contribution in [0.1, 0.15) is 37.0 Å². The summed E-state index contributed by atoms with van der Waals surface area (Å²) in [5, 5.41) is 2.85. The third kappa shape index (κ3) is 7.17. The summed E-state index contributed by atoms with van der Waals surface area (Å²) in [7, 11) is -2.72. The average Bonchev–Trinajstić information content (AvgIpc) is 2.94. The zero-order chi connectivity index (χ0) is 28.6. The zero-order valence-corrected chi connectivity index (χ0v) is 24.0. The minimum atomic E-state index is -4.17. The van der Waals surface area contributed by atoms with Gasteiger partial charge in [-0.05, 0) is 68.1 Å². The number of benzene rings is 3. The molecule has 0 aliphatic rings. The van der Waals surface area contributed by atoms with Gasteiger partial charge in [0.05, 0.1) is 17.7 Å². The Morgan fingerprint density at radius 1 is 0.974 bits per heavy atom. The predicted octanol–water partition coefficient (Wildman–Crippen LogP) is 4.45. The number of hydrogen-bond acceptors (Lipinski definition) is 5. The molecule has 0 saturated heterocycles. The highest BCUT2D eigenvalue weighted by Gasteiger charge is 2.34. The summed E-state index contributed by atoms with van der Waals surface area (Å²) in [6.07, 6.45) is 0.750. The second kappa shape index (κ2) is 13.3. The van der Waals surface area contributed by atoms with Crippen LogP contribution in [0.25, 0.3) is 0 Å². The second-order valence-electron chi connectivity index (χ2n) is 9.42. The van der Waals surface area contributed by atoms with Crippen LogP contribution in [-0.4, -0.2) is 51.4 Å². The molecule has 0 aliphatic carbocycles.